The van der Waals surface area contributed by atoms with Gasteiger partial charge in [0.2, 0.25) is 0 Å². The van der Waals surface area contributed by atoms with E-state index in [0.717, 1.165) is 6.61 Å². The van der Waals surface area contributed by atoms with E-state index < -0.39 is 0 Å². The predicted molar refractivity (Wildman–Crippen MR) is 53.5 cm³/mol. The number of ether oxygens (including phenoxy) is 1. The molecule has 0 aromatic carbocycles. The van der Waals surface area contributed by atoms with E-state index >= 15 is 0 Å². The van der Waals surface area contributed by atoms with E-state index in [4.69, 9.17) is 4.74 Å². The molecule has 1 rings (SSSR count). The standard InChI is InChI=1S/C9H19NO.CH4/c1-8(2)11-7-9-5-4-6-10(9)3;/h8-9H,4-7H2,1-3H3;1H4/t9-;/m0./s1. The van der Waals surface area contributed by atoms with Crippen molar-refractivity contribution in [1.82, 2.24) is 4.90 Å². The van der Waals surface area contributed by atoms with Crippen molar-refractivity contribution in [2.45, 2.75) is 46.3 Å². The molecule has 1 aliphatic rings. The number of hydrogen-bond donors (Lipinski definition) is 0. The van der Waals surface area contributed by atoms with Gasteiger partial charge in [0.1, 0.15) is 0 Å². The molecule has 2 nitrogen and oxygen atoms in total. The summed E-state index contributed by atoms with van der Waals surface area (Å²) in [4.78, 5) is 2.39. The van der Waals surface area contributed by atoms with Crippen molar-refractivity contribution in [1.29, 1.82) is 0 Å². The summed E-state index contributed by atoms with van der Waals surface area (Å²) in [6.07, 6.45) is 3.02. The SMILES string of the molecule is C.CC(C)OC[C@@H]1CCCN1C. The fraction of sp³-hybridized carbons (Fsp3) is 1.00. The lowest BCUT2D eigenvalue weighted by Crippen LogP contribution is -2.30. The first kappa shape index (κ1) is 11.9. The van der Waals surface area contributed by atoms with E-state index in [1.165, 1.54) is 19.4 Å². The number of hydrogen-bond acceptors (Lipinski definition) is 2. The van der Waals surface area contributed by atoms with Crippen LogP contribution in [0.2, 0.25) is 0 Å². The Morgan fingerprint density at radius 1 is 1.50 bits per heavy atom. The maximum Gasteiger partial charge on any atom is 0.0625 e. The van der Waals surface area contributed by atoms with Crippen molar-refractivity contribution < 1.29 is 4.74 Å². The lowest BCUT2D eigenvalue weighted by atomic mass is 10.2. The third-order valence-electron chi connectivity index (χ3n) is 2.29. The van der Waals surface area contributed by atoms with Crippen LogP contribution in [0.25, 0.3) is 0 Å². The summed E-state index contributed by atoms with van der Waals surface area (Å²) in [5, 5.41) is 0. The van der Waals surface area contributed by atoms with Gasteiger partial charge in [-0.25, -0.2) is 0 Å². The van der Waals surface area contributed by atoms with Crippen LogP contribution in [0, 0.1) is 0 Å². The molecule has 0 radical (unpaired) electrons. The zero-order valence-electron chi connectivity index (χ0n) is 7.84. The van der Waals surface area contributed by atoms with E-state index in [-0.39, 0.29) is 7.43 Å². The highest BCUT2D eigenvalue weighted by Gasteiger charge is 2.20. The largest absolute Gasteiger partial charge is 0.377 e. The number of likely N-dealkylation sites (N-methyl/N-ethyl adjacent to an activating group) is 1. The second-order valence-electron chi connectivity index (χ2n) is 3.66. The molecule has 2 heteroatoms. The maximum absolute atomic E-state index is 5.55. The molecule has 1 heterocycles. The number of rotatable bonds is 3. The van der Waals surface area contributed by atoms with Gasteiger partial charge in [0, 0.05) is 6.04 Å². The first-order valence-corrected chi connectivity index (χ1v) is 4.52. The molecule has 1 fully saturated rings. The first-order valence-electron chi connectivity index (χ1n) is 4.52. The summed E-state index contributed by atoms with van der Waals surface area (Å²) >= 11 is 0. The molecule has 0 spiro atoms. The number of nitrogens with zero attached hydrogens (tertiary/aromatic N) is 1. The van der Waals surface area contributed by atoms with Gasteiger partial charge in [-0.05, 0) is 40.3 Å². The van der Waals surface area contributed by atoms with Gasteiger partial charge in [-0.1, -0.05) is 7.43 Å². The molecule has 0 aromatic heterocycles. The second-order valence-corrected chi connectivity index (χ2v) is 3.66. The molecule has 74 valence electrons. The van der Waals surface area contributed by atoms with Crippen molar-refractivity contribution >= 4 is 0 Å². The highest BCUT2D eigenvalue weighted by molar-refractivity contribution is 4.75. The van der Waals surface area contributed by atoms with Crippen LogP contribution in [0.4, 0.5) is 0 Å². The predicted octanol–water partition coefficient (Wildman–Crippen LogP) is 2.14. The Hall–Kier alpha value is -0.0800. The third kappa shape index (κ3) is 3.55. The van der Waals surface area contributed by atoms with Gasteiger partial charge >= 0.3 is 0 Å². The van der Waals surface area contributed by atoms with Gasteiger partial charge < -0.3 is 9.64 Å². The van der Waals surface area contributed by atoms with Crippen LogP contribution < -0.4 is 0 Å². The fourth-order valence-electron chi connectivity index (χ4n) is 1.49. The molecule has 0 N–H and O–H groups in total. The maximum atomic E-state index is 5.55. The molecule has 0 saturated carbocycles. The van der Waals surface area contributed by atoms with Crippen molar-refractivity contribution in [3.63, 3.8) is 0 Å². The van der Waals surface area contributed by atoms with Crippen LogP contribution in [0.15, 0.2) is 0 Å². The smallest absolute Gasteiger partial charge is 0.0625 e. The summed E-state index contributed by atoms with van der Waals surface area (Å²) in [7, 11) is 2.18. The molecule has 0 bridgehead atoms. The van der Waals surface area contributed by atoms with Crippen LogP contribution in [-0.2, 0) is 4.74 Å². The van der Waals surface area contributed by atoms with Crippen molar-refractivity contribution in [3.8, 4) is 0 Å². The summed E-state index contributed by atoms with van der Waals surface area (Å²) in [6.45, 7) is 6.34. The molecule has 1 aliphatic heterocycles. The molecular formula is C10H23NO. The molecule has 0 aromatic rings. The Labute approximate surface area is 76.9 Å². The Kier molecular flexibility index (Phi) is 5.51. The normalized spacial score (nSPS) is 24.5. The summed E-state index contributed by atoms with van der Waals surface area (Å²) in [6, 6.07) is 0.678. The number of likely N-dealkylation sites (tertiary alicyclic amines) is 1. The van der Waals surface area contributed by atoms with Crippen molar-refractivity contribution in [3.05, 3.63) is 0 Å². The van der Waals surface area contributed by atoms with E-state index in [1.807, 2.05) is 0 Å². The minimum Gasteiger partial charge on any atom is -0.377 e. The Morgan fingerprint density at radius 2 is 2.17 bits per heavy atom. The monoisotopic (exact) mass is 173 g/mol. The molecule has 0 unspecified atom stereocenters. The lowest BCUT2D eigenvalue weighted by molar-refractivity contribution is 0.0432. The molecule has 12 heavy (non-hydrogen) atoms. The molecular weight excluding hydrogens is 150 g/mol. The third-order valence-corrected chi connectivity index (χ3v) is 2.29. The van der Waals surface area contributed by atoms with Gasteiger partial charge in [0.15, 0.2) is 0 Å². The van der Waals surface area contributed by atoms with Crippen LogP contribution in [-0.4, -0.2) is 37.2 Å². The highest BCUT2D eigenvalue weighted by Crippen LogP contribution is 2.14. The van der Waals surface area contributed by atoms with Gasteiger partial charge in [-0.3, -0.25) is 0 Å². The molecule has 1 atom stereocenters. The van der Waals surface area contributed by atoms with Crippen LogP contribution in [0.3, 0.4) is 0 Å². The Balaban J connectivity index is 0.00000121. The summed E-state index contributed by atoms with van der Waals surface area (Å²) in [5.74, 6) is 0. The van der Waals surface area contributed by atoms with Crippen molar-refractivity contribution in [2.24, 2.45) is 0 Å². The van der Waals surface area contributed by atoms with Gasteiger partial charge in [0.25, 0.3) is 0 Å². The van der Waals surface area contributed by atoms with Gasteiger partial charge in [0.05, 0.1) is 12.7 Å². The Bertz CT molecular complexity index is 114. The molecule has 1 saturated heterocycles. The van der Waals surface area contributed by atoms with E-state index in [1.54, 1.807) is 0 Å². The fourth-order valence-corrected chi connectivity index (χ4v) is 1.49. The van der Waals surface area contributed by atoms with E-state index in [2.05, 4.69) is 25.8 Å². The topological polar surface area (TPSA) is 12.5 Å². The summed E-state index contributed by atoms with van der Waals surface area (Å²) < 4.78 is 5.55. The van der Waals surface area contributed by atoms with Crippen molar-refractivity contribution in [2.75, 3.05) is 20.2 Å². The van der Waals surface area contributed by atoms with E-state index in [0.29, 0.717) is 12.1 Å². The quantitative estimate of drug-likeness (QED) is 0.648. The first-order chi connectivity index (χ1) is 5.20. The van der Waals surface area contributed by atoms with Crippen LogP contribution >= 0.6 is 0 Å². The molecule has 0 amide bonds. The average molecular weight is 173 g/mol. The zero-order valence-corrected chi connectivity index (χ0v) is 7.84. The minimum atomic E-state index is 0. The van der Waals surface area contributed by atoms with Crippen LogP contribution in [0.5, 0.6) is 0 Å². The van der Waals surface area contributed by atoms with E-state index in [9.17, 15) is 0 Å². The average Bonchev–Trinajstić information content (AvgIpc) is 2.31. The molecule has 0 aliphatic carbocycles. The highest BCUT2D eigenvalue weighted by atomic mass is 16.5. The summed E-state index contributed by atoms with van der Waals surface area (Å²) in [5.41, 5.74) is 0. The van der Waals surface area contributed by atoms with Gasteiger partial charge in [-0.15, -0.1) is 0 Å². The second kappa shape index (κ2) is 5.55. The van der Waals surface area contributed by atoms with Gasteiger partial charge in [-0.2, -0.15) is 0 Å². The zero-order chi connectivity index (χ0) is 8.27. The minimum absolute atomic E-state index is 0. The Morgan fingerprint density at radius 3 is 2.58 bits per heavy atom. The van der Waals surface area contributed by atoms with Crippen LogP contribution in [0.1, 0.15) is 34.1 Å². The lowest BCUT2D eigenvalue weighted by Gasteiger charge is -2.20.